The number of amides is 1. The summed E-state index contributed by atoms with van der Waals surface area (Å²) in [5, 5.41) is 3.45. The molecule has 1 N–H and O–H groups in total. The molecule has 112 valence electrons. The highest BCUT2D eigenvalue weighted by molar-refractivity contribution is 6.06. The fourth-order valence-corrected chi connectivity index (χ4v) is 2.43. The quantitative estimate of drug-likeness (QED) is 0.741. The van der Waals surface area contributed by atoms with Crippen molar-refractivity contribution in [2.75, 3.05) is 5.32 Å². The van der Waals surface area contributed by atoms with Crippen LogP contribution in [0, 0.1) is 26.6 Å². The molecular weight excluding hydrogens is 281 g/mol. The Balaban J connectivity index is 2.01. The van der Waals surface area contributed by atoms with Gasteiger partial charge in [-0.2, -0.15) is 0 Å². The predicted octanol–water partition coefficient (Wildman–Crippen LogP) is 4.75. The second kappa shape index (κ2) is 5.30. The zero-order valence-corrected chi connectivity index (χ0v) is 12.7. The first-order valence-electron chi connectivity index (χ1n) is 7.03. The van der Waals surface area contributed by atoms with Crippen LogP contribution in [0.15, 0.2) is 40.8 Å². The maximum Gasteiger partial charge on any atom is 0.291 e. The van der Waals surface area contributed by atoms with E-state index in [2.05, 4.69) is 5.32 Å². The van der Waals surface area contributed by atoms with E-state index in [-0.39, 0.29) is 11.4 Å². The highest BCUT2D eigenvalue weighted by Crippen LogP contribution is 2.28. The number of nitrogens with one attached hydrogen (secondary N) is 1. The summed E-state index contributed by atoms with van der Waals surface area (Å²) in [4.78, 5) is 12.4. The average molecular weight is 297 g/mol. The van der Waals surface area contributed by atoms with Crippen LogP contribution >= 0.6 is 0 Å². The molecule has 1 heterocycles. The molecule has 22 heavy (non-hydrogen) atoms. The average Bonchev–Trinajstić information content (AvgIpc) is 2.79. The lowest BCUT2D eigenvalue weighted by molar-refractivity contribution is 0.0997. The van der Waals surface area contributed by atoms with Gasteiger partial charge in [0.05, 0.1) is 5.69 Å². The third-order valence-electron chi connectivity index (χ3n) is 3.88. The molecule has 0 atom stereocenters. The predicted molar refractivity (Wildman–Crippen MR) is 84.8 cm³/mol. The van der Waals surface area contributed by atoms with Crippen LogP contribution in [-0.2, 0) is 0 Å². The molecule has 3 aromatic rings. The number of carbonyl (C=O) groups excluding carboxylic acids is 1. The molecule has 0 saturated carbocycles. The van der Waals surface area contributed by atoms with Crippen molar-refractivity contribution in [1.82, 2.24) is 0 Å². The molecular formula is C18H16FNO2. The Bertz CT molecular complexity index is 880. The number of hydrogen-bond acceptors (Lipinski definition) is 2. The summed E-state index contributed by atoms with van der Waals surface area (Å²) in [7, 11) is 0. The van der Waals surface area contributed by atoms with Crippen LogP contribution in [0.1, 0.15) is 27.2 Å². The molecule has 3 nitrogen and oxygen atoms in total. The Hall–Kier alpha value is -2.62. The summed E-state index contributed by atoms with van der Waals surface area (Å²) in [5.41, 5.74) is 3.80. The van der Waals surface area contributed by atoms with E-state index in [1.807, 2.05) is 32.9 Å². The summed E-state index contributed by atoms with van der Waals surface area (Å²) in [6, 6.07) is 9.97. The Morgan fingerprint density at radius 2 is 1.77 bits per heavy atom. The molecule has 0 spiro atoms. The van der Waals surface area contributed by atoms with Gasteiger partial charge in [0, 0.05) is 10.9 Å². The normalized spacial score (nSPS) is 10.9. The Morgan fingerprint density at radius 1 is 1.09 bits per heavy atom. The lowest BCUT2D eigenvalue weighted by atomic mass is 10.0. The minimum Gasteiger partial charge on any atom is -0.451 e. The monoisotopic (exact) mass is 297 g/mol. The van der Waals surface area contributed by atoms with Crippen molar-refractivity contribution in [3.05, 3.63) is 64.7 Å². The summed E-state index contributed by atoms with van der Waals surface area (Å²) in [5.74, 6) is -0.714. The smallest absolute Gasteiger partial charge is 0.291 e. The topological polar surface area (TPSA) is 42.2 Å². The second-order valence-corrected chi connectivity index (χ2v) is 5.42. The van der Waals surface area contributed by atoms with Crippen molar-refractivity contribution in [3.63, 3.8) is 0 Å². The van der Waals surface area contributed by atoms with Gasteiger partial charge in [0.2, 0.25) is 0 Å². The summed E-state index contributed by atoms with van der Waals surface area (Å²) < 4.78 is 19.3. The van der Waals surface area contributed by atoms with Gasteiger partial charge in [-0.3, -0.25) is 4.79 Å². The van der Waals surface area contributed by atoms with Gasteiger partial charge < -0.3 is 9.73 Å². The Kier molecular flexibility index (Phi) is 3.45. The minimum absolute atomic E-state index is 0.139. The molecule has 0 unspecified atom stereocenters. The number of furan rings is 1. The summed E-state index contributed by atoms with van der Waals surface area (Å²) in [6.07, 6.45) is 0. The first kappa shape index (κ1) is 14.3. The van der Waals surface area contributed by atoms with Gasteiger partial charge in [0.1, 0.15) is 11.4 Å². The summed E-state index contributed by atoms with van der Waals surface area (Å²) in [6.45, 7) is 5.84. The van der Waals surface area contributed by atoms with Crippen molar-refractivity contribution in [1.29, 1.82) is 0 Å². The van der Waals surface area contributed by atoms with Crippen LogP contribution in [0.3, 0.4) is 0 Å². The molecule has 1 amide bonds. The number of anilines is 1. The van der Waals surface area contributed by atoms with E-state index in [0.29, 0.717) is 5.58 Å². The first-order chi connectivity index (χ1) is 10.5. The van der Waals surface area contributed by atoms with Gasteiger partial charge in [-0.15, -0.1) is 0 Å². The molecule has 4 heteroatoms. The van der Waals surface area contributed by atoms with Gasteiger partial charge in [-0.25, -0.2) is 4.39 Å². The van der Waals surface area contributed by atoms with Crippen molar-refractivity contribution in [3.8, 4) is 0 Å². The van der Waals surface area contributed by atoms with E-state index in [1.165, 1.54) is 12.1 Å². The molecule has 0 aliphatic rings. The molecule has 2 aromatic carbocycles. The van der Waals surface area contributed by atoms with E-state index in [9.17, 15) is 9.18 Å². The fraction of sp³-hybridized carbons (Fsp3) is 0.167. The van der Waals surface area contributed by atoms with E-state index in [0.717, 1.165) is 22.1 Å². The van der Waals surface area contributed by atoms with Crippen molar-refractivity contribution in [2.45, 2.75) is 20.8 Å². The maximum atomic E-state index is 13.6. The Morgan fingerprint density at radius 3 is 2.50 bits per heavy atom. The molecule has 0 aliphatic heterocycles. The highest BCUT2D eigenvalue weighted by Gasteiger charge is 2.19. The second-order valence-electron chi connectivity index (χ2n) is 5.42. The lowest BCUT2D eigenvalue weighted by Gasteiger charge is -2.04. The maximum absolute atomic E-state index is 13.6. The number of fused-ring (bicyclic) bond motifs is 1. The van der Waals surface area contributed by atoms with Gasteiger partial charge in [-0.1, -0.05) is 12.1 Å². The SMILES string of the molecule is Cc1cc2oc(C(=O)Nc3ccccc3F)c(C)c2cc1C. The number of aryl methyl sites for hydroxylation is 3. The number of para-hydroxylation sites is 1. The van der Waals surface area contributed by atoms with Crippen molar-refractivity contribution in [2.24, 2.45) is 0 Å². The number of carbonyl (C=O) groups is 1. The largest absolute Gasteiger partial charge is 0.451 e. The number of hydrogen-bond donors (Lipinski definition) is 1. The van der Waals surface area contributed by atoms with Gasteiger partial charge in [-0.05, 0) is 56.2 Å². The molecule has 0 saturated heterocycles. The zero-order chi connectivity index (χ0) is 15.9. The van der Waals surface area contributed by atoms with Gasteiger partial charge >= 0.3 is 0 Å². The third kappa shape index (κ3) is 2.37. The number of rotatable bonds is 2. The van der Waals surface area contributed by atoms with Gasteiger partial charge in [0.25, 0.3) is 5.91 Å². The molecule has 0 fully saturated rings. The van der Waals surface area contributed by atoms with E-state index in [1.54, 1.807) is 12.1 Å². The first-order valence-corrected chi connectivity index (χ1v) is 7.03. The van der Waals surface area contributed by atoms with E-state index >= 15 is 0 Å². The van der Waals surface area contributed by atoms with E-state index in [4.69, 9.17) is 4.42 Å². The van der Waals surface area contributed by atoms with Crippen LogP contribution in [-0.4, -0.2) is 5.91 Å². The number of halogens is 1. The number of benzene rings is 2. The van der Waals surface area contributed by atoms with Crippen LogP contribution < -0.4 is 5.32 Å². The van der Waals surface area contributed by atoms with Crippen molar-refractivity contribution < 1.29 is 13.6 Å². The molecule has 1 aromatic heterocycles. The van der Waals surface area contributed by atoms with Crippen LogP contribution in [0.2, 0.25) is 0 Å². The van der Waals surface area contributed by atoms with Gasteiger partial charge in [0.15, 0.2) is 5.76 Å². The van der Waals surface area contributed by atoms with Crippen LogP contribution in [0.25, 0.3) is 11.0 Å². The molecule has 0 aliphatic carbocycles. The molecule has 0 radical (unpaired) electrons. The van der Waals surface area contributed by atoms with Crippen LogP contribution in [0.5, 0.6) is 0 Å². The highest BCUT2D eigenvalue weighted by atomic mass is 19.1. The Labute approximate surface area is 127 Å². The standard InChI is InChI=1S/C18H16FNO2/c1-10-8-13-12(3)17(22-16(13)9-11(10)2)18(21)20-15-7-5-4-6-14(15)19/h4-9H,1-3H3,(H,20,21). The molecule has 0 bridgehead atoms. The lowest BCUT2D eigenvalue weighted by Crippen LogP contribution is -2.13. The minimum atomic E-state index is -0.476. The van der Waals surface area contributed by atoms with Crippen molar-refractivity contribution >= 4 is 22.6 Å². The molecule has 3 rings (SSSR count). The third-order valence-corrected chi connectivity index (χ3v) is 3.88. The van der Waals surface area contributed by atoms with Crippen LogP contribution in [0.4, 0.5) is 10.1 Å². The zero-order valence-electron chi connectivity index (χ0n) is 12.7. The fourth-order valence-electron chi connectivity index (χ4n) is 2.43. The summed E-state index contributed by atoms with van der Waals surface area (Å²) >= 11 is 0. The van der Waals surface area contributed by atoms with E-state index < -0.39 is 11.7 Å².